The lowest BCUT2D eigenvalue weighted by atomic mass is 9.47. The van der Waals surface area contributed by atoms with E-state index >= 15 is 0 Å². The molecule has 6 heteroatoms. The van der Waals surface area contributed by atoms with Crippen LogP contribution in [-0.4, -0.2) is 32.8 Å². The third-order valence-electron chi connectivity index (χ3n) is 7.17. The van der Waals surface area contributed by atoms with Crippen molar-refractivity contribution in [3.63, 3.8) is 0 Å². The molecule has 0 aliphatic heterocycles. The molecule has 142 valence electrons. The molecule has 1 amide bonds. The molecular formula is C20H29N3O3. The number of amides is 1. The number of nitrogens with one attached hydrogen (secondary N) is 1. The second-order valence-corrected chi connectivity index (χ2v) is 8.89. The molecule has 2 atom stereocenters. The van der Waals surface area contributed by atoms with Gasteiger partial charge in [-0.2, -0.15) is 5.10 Å². The Hall–Kier alpha value is -1.85. The van der Waals surface area contributed by atoms with E-state index in [1.54, 1.807) is 13.0 Å². The molecule has 1 heterocycles. The molecule has 4 aliphatic rings. The average Bonchev–Trinajstić information content (AvgIpc) is 3.07. The molecule has 4 aliphatic carbocycles. The number of aromatic nitrogens is 2. The second kappa shape index (κ2) is 6.39. The summed E-state index contributed by atoms with van der Waals surface area (Å²) >= 11 is 0. The van der Waals surface area contributed by atoms with Crippen LogP contribution >= 0.6 is 0 Å². The lowest BCUT2D eigenvalue weighted by Crippen LogP contribution is -2.56. The number of aliphatic carboxylic acids is 1. The highest BCUT2D eigenvalue weighted by Crippen LogP contribution is 2.61. The van der Waals surface area contributed by atoms with Crippen molar-refractivity contribution in [2.24, 2.45) is 23.2 Å². The maximum atomic E-state index is 13.0. The second-order valence-electron chi connectivity index (χ2n) is 8.89. The molecular weight excluding hydrogens is 330 g/mol. The van der Waals surface area contributed by atoms with Gasteiger partial charge in [0, 0.05) is 12.2 Å². The number of nitrogens with zero attached hydrogens (tertiary/aromatic N) is 2. The van der Waals surface area contributed by atoms with Crippen molar-refractivity contribution < 1.29 is 14.7 Å². The fourth-order valence-electron chi connectivity index (χ4n) is 6.43. The number of carbonyl (C=O) groups is 2. The van der Waals surface area contributed by atoms with Crippen molar-refractivity contribution in [2.75, 3.05) is 0 Å². The van der Waals surface area contributed by atoms with E-state index in [0.29, 0.717) is 5.69 Å². The smallest absolute Gasteiger partial charge is 0.328 e. The van der Waals surface area contributed by atoms with Gasteiger partial charge in [-0.15, -0.1) is 0 Å². The van der Waals surface area contributed by atoms with Crippen LogP contribution in [-0.2, 0) is 4.79 Å². The van der Waals surface area contributed by atoms with E-state index in [4.69, 9.17) is 0 Å². The Morgan fingerprint density at radius 2 is 1.85 bits per heavy atom. The standard InChI is InChI=1S/C20H29N3O3/c1-3-17(20-9-13-6-14(10-20)8-15(7-13)11-20)22-18(24)16-4-5-21-23(16)12(2)19(25)26/h4-5,12-15,17H,3,6-11H2,1-2H3,(H,22,24)(H,25,26). The monoisotopic (exact) mass is 359 g/mol. The Morgan fingerprint density at radius 1 is 1.27 bits per heavy atom. The molecule has 26 heavy (non-hydrogen) atoms. The molecule has 0 radical (unpaired) electrons. The van der Waals surface area contributed by atoms with Gasteiger partial charge < -0.3 is 10.4 Å². The summed E-state index contributed by atoms with van der Waals surface area (Å²) < 4.78 is 1.31. The van der Waals surface area contributed by atoms with Crippen LogP contribution in [0.5, 0.6) is 0 Å². The number of carbonyl (C=O) groups excluding carboxylic acids is 1. The predicted molar refractivity (Wildman–Crippen MR) is 96.7 cm³/mol. The van der Waals surface area contributed by atoms with Crippen LogP contribution in [0.1, 0.15) is 75.3 Å². The van der Waals surface area contributed by atoms with E-state index in [2.05, 4.69) is 17.3 Å². The summed E-state index contributed by atoms with van der Waals surface area (Å²) in [4.78, 5) is 24.2. The molecule has 1 aromatic heterocycles. The van der Waals surface area contributed by atoms with Gasteiger partial charge in [-0.1, -0.05) is 6.92 Å². The minimum Gasteiger partial charge on any atom is -0.480 e. The topological polar surface area (TPSA) is 84.2 Å². The zero-order valence-electron chi connectivity index (χ0n) is 15.6. The molecule has 2 N–H and O–H groups in total. The van der Waals surface area contributed by atoms with Crippen LogP contribution in [0.25, 0.3) is 0 Å². The van der Waals surface area contributed by atoms with E-state index in [-0.39, 0.29) is 17.4 Å². The molecule has 0 aromatic carbocycles. The van der Waals surface area contributed by atoms with Gasteiger partial charge in [-0.05, 0) is 81.1 Å². The summed E-state index contributed by atoms with van der Waals surface area (Å²) in [6.07, 6.45) is 10.3. The SMILES string of the molecule is CCC(NC(=O)c1ccnn1C(C)C(=O)O)C12CC3CC(CC(C3)C1)C2. The number of hydrogen-bond donors (Lipinski definition) is 2. The van der Waals surface area contributed by atoms with Crippen LogP contribution < -0.4 is 5.32 Å². The summed E-state index contributed by atoms with van der Waals surface area (Å²) in [6.45, 7) is 3.70. The van der Waals surface area contributed by atoms with Crippen LogP contribution in [0.3, 0.4) is 0 Å². The Balaban J connectivity index is 1.54. The zero-order chi connectivity index (χ0) is 18.5. The van der Waals surface area contributed by atoms with Gasteiger partial charge in [0.2, 0.25) is 0 Å². The third-order valence-corrected chi connectivity index (χ3v) is 7.17. The normalized spacial score (nSPS) is 34.5. The molecule has 2 unspecified atom stereocenters. The van der Waals surface area contributed by atoms with Gasteiger partial charge >= 0.3 is 5.97 Å². The van der Waals surface area contributed by atoms with E-state index < -0.39 is 12.0 Å². The number of carboxylic acid groups (broad SMARTS) is 1. The van der Waals surface area contributed by atoms with Crippen molar-refractivity contribution >= 4 is 11.9 Å². The number of hydrogen-bond acceptors (Lipinski definition) is 3. The van der Waals surface area contributed by atoms with Crippen molar-refractivity contribution in [1.82, 2.24) is 15.1 Å². The maximum Gasteiger partial charge on any atom is 0.328 e. The highest BCUT2D eigenvalue weighted by molar-refractivity contribution is 5.93. The van der Waals surface area contributed by atoms with Gasteiger partial charge in [0.05, 0.1) is 0 Å². The van der Waals surface area contributed by atoms with Crippen molar-refractivity contribution in [3.8, 4) is 0 Å². The number of carboxylic acids is 1. The highest BCUT2D eigenvalue weighted by Gasteiger charge is 2.54. The fourth-order valence-corrected chi connectivity index (χ4v) is 6.43. The van der Waals surface area contributed by atoms with E-state index in [9.17, 15) is 14.7 Å². The predicted octanol–water partition coefficient (Wildman–Crippen LogP) is 3.25. The average molecular weight is 359 g/mol. The molecule has 0 saturated heterocycles. The molecule has 6 nitrogen and oxygen atoms in total. The minimum atomic E-state index is -0.990. The Labute approximate surface area is 154 Å². The van der Waals surface area contributed by atoms with Crippen LogP contribution in [0, 0.1) is 23.2 Å². The maximum absolute atomic E-state index is 13.0. The van der Waals surface area contributed by atoms with Crippen molar-refractivity contribution in [1.29, 1.82) is 0 Å². The van der Waals surface area contributed by atoms with E-state index in [1.807, 2.05) is 0 Å². The largest absolute Gasteiger partial charge is 0.480 e. The van der Waals surface area contributed by atoms with Gasteiger partial charge in [0.1, 0.15) is 11.7 Å². The van der Waals surface area contributed by atoms with Crippen molar-refractivity contribution in [3.05, 3.63) is 18.0 Å². The first-order valence-corrected chi connectivity index (χ1v) is 9.99. The molecule has 4 saturated carbocycles. The molecule has 5 rings (SSSR count). The first-order chi connectivity index (χ1) is 12.4. The van der Waals surface area contributed by atoms with Gasteiger partial charge in [0.15, 0.2) is 0 Å². The summed E-state index contributed by atoms with van der Waals surface area (Å²) in [5.41, 5.74) is 0.575. The zero-order valence-corrected chi connectivity index (χ0v) is 15.6. The summed E-state index contributed by atoms with van der Waals surface area (Å²) in [5, 5.41) is 16.6. The van der Waals surface area contributed by atoms with E-state index in [1.165, 1.54) is 49.4 Å². The summed E-state index contributed by atoms with van der Waals surface area (Å²) in [7, 11) is 0. The van der Waals surface area contributed by atoms with Crippen LogP contribution in [0.2, 0.25) is 0 Å². The molecule has 4 fully saturated rings. The lowest BCUT2D eigenvalue weighted by Gasteiger charge is -2.59. The van der Waals surface area contributed by atoms with Gasteiger partial charge in [-0.25, -0.2) is 9.48 Å². The highest BCUT2D eigenvalue weighted by atomic mass is 16.4. The van der Waals surface area contributed by atoms with Crippen LogP contribution in [0.15, 0.2) is 12.3 Å². The quantitative estimate of drug-likeness (QED) is 0.816. The Bertz CT molecular complexity index is 676. The minimum absolute atomic E-state index is 0.159. The first-order valence-electron chi connectivity index (χ1n) is 9.99. The fraction of sp³-hybridized carbons (Fsp3) is 0.750. The summed E-state index contributed by atoms with van der Waals surface area (Å²) in [5.74, 6) is 1.33. The van der Waals surface area contributed by atoms with E-state index in [0.717, 1.165) is 24.2 Å². The number of rotatable bonds is 6. The first kappa shape index (κ1) is 17.6. The molecule has 0 spiro atoms. The molecule has 4 bridgehead atoms. The molecule has 1 aromatic rings. The van der Waals surface area contributed by atoms with Gasteiger partial charge in [-0.3, -0.25) is 4.79 Å². The summed E-state index contributed by atoms with van der Waals surface area (Å²) in [6, 6.07) is 0.915. The Kier molecular flexibility index (Phi) is 4.32. The van der Waals surface area contributed by atoms with Gasteiger partial charge in [0.25, 0.3) is 5.91 Å². The third kappa shape index (κ3) is 2.83. The van der Waals surface area contributed by atoms with Crippen molar-refractivity contribution in [2.45, 2.75) is 70.9 Å². The lowest BCUT2D eigenvalue weighted by molar-refractivity contribution is -0.140. The Morgan fingerprint density at radius 3 is 2.35 bits per heavy atom. The van der Waals surface area contributed by atoms with Crippen LogP contribution in [0.4, 0.5) is 0 Å².